The van der Waals surface area contributed by atoms with Gasteiger partial charge in [0, 0.05) is 19.3 Å². The maximum Gasteiger partial charge on any atom is 0.231 e. The van der Waals surface area contributed by atoms with E-state index in [0.717, 1.165) is 17.6 Å². The van der Waals surface area contributed by atoms with Gasteiger partial charge in [0.1, 0.15) is 5.82 Å². The van der Waals surface area contributed by atoms with Gasteiger partial charge in [-0.05, 0) is 24.6 Å². The van der Waals surface area contributed by atoms with E-state index in [4.69, 9.17) is 0 Å². The number of aromatic amines is 1. The average molecular weight is 383 g/mol. The molecule has 1 amide bonds. The minimum atomic E-state index is -3.29. The number of nitrogens with one attached hydrogen (secondary N) is 2. The Kier molecular flexibility index (Phi) is 6.43. The fourth-order valence-electron chi connectivity index (χ4n) is 1.98. The molecule has 8 nitrogen and oxygen atoms in total. The zero-order valence-electron chi connectivity index (χ0n) is 14.3. The van der Waals surface area contributed by atoms with Crippen LogP contribution in [0, 0.1) is 6.92 Å². The monoisotopic (exact) mass is 383 g/mol. The predicted molar refractivity (Wildman–Crippen MR) is 98.2 cm³/mol. The van der Waals surface area contributed by atoms with Crippen molar-refractivity contribution in [2.45, 2.75) is 18.5 Å². The number of amides is 1. The Morgan fingerprint density at radius 1 is 1.32 bits per heavy atom. The quantitative estimate of drug-likeness (QED) is 0.519. The molecule has 2 aromatic rings. The molecular weight excluding hydrogens is 362 g/mol. The molecule has 1 heterocycles. The van der Waals surface area contributed by atoms with E-state index in [1.54, 1.807) is 24.3 Å². The summed E-state index contributed by atoms with van der Waals surface area (Å²) < 4.78 is 24.2. The Morgan fingerprint density at radius 3 is 2.56 bits per heavy atom. The van der Waals surface area contributed by atoms with Crippen LogP contribution >= 0.6 is 11.8 Å². The van der Waals surface area contributed by atoms with Crippen molar-refractivity contribution in [1.29, 1.82) is 0 Å². The molecule has 0 saturated heterocycles. The summed E-state index contributed by atoms with van der Waals surface area (Å²) in [7, 11) is -1.80. The number of sulfonamides is 1. The molecule has 0 aliphatic carbocycles. The summed E-state index contributed by atoms with van der Waals surface area (Å²) in [5, 5.41) is 10.3. The zero-order chi connectivity index (χ0) is 18.4. The van der Waals surface area contributed by atoms with Crippen LogP contribution in [0.25, 0.3) is 0 Å². The molecule has 1 aromatic carbocycles. The molecule has 1 aromatic heterocycles. The lowest BCUT2D eigenvalue weighted by Gasteiger charge is -2.16. The Labute approximate surface area is 151 Å². The van der Waals surface area contributed by atoms with Crippen molar-refractivity contribution in [2.75, 3.05) is 29.9 Å². The molecule has 0 aliphatic rings. The van der Waals surface area contributed by atoms with E-state index >= 15 is 0 Å². The summed E-state index contributed by atoms with van der Waals surface area (Å²) in [5.74, 6) is 1.36. The lowest BCUT2D eigenvalue weighted by Crippen LogP contribution is -2.27. The van der Waals surface area contributed by atoms with Gasteiger partial charge in [0.15, 0.2) is 0 Å². The summed E-state index contributed by atoms with van der Waals surface area (Å²) in [6.45, 7) is 2.35. The molecule has 0 atom stereocenters. The van der Waals surface area contributed by atoms with Crippen LogP contribution in [0.5, 0.6) is 0 Å². The maximum atomic E-state index is 11.9. The summed E-state index contributed by atoms with van der Waals surface area (Å²) in [6, 6.07) is 6.87. The second kappa shape index (κ2) is 8.34. The van der Waals surface area contributed by atoms with E-state index in [0.29, 0.717) is 23.1 Å². The molecular formula is C15H21N5O3S2. The van der Waals surface area contributed by atoms with Gasteiger partial charge in [-0.2, -0.15) is 0 Å². The number of nitrogens with zero attached hydrogens (tertiary/aromatic N) is 3. The predicted octanol–water partition coefficient (Wildman–Crippen LogP) is 0.960. The Hall–Kier alpha value is -2.07. The fraction of sp³-hybridized carbons (Fsp3) is 0.400. The number of aromatic nitrogens is 3. The second-order valence-corrected chi connectivity index (χ2v) is 8.55. The van der Waals surface area contributed by atoms with Gasteiger partial charge in [0.25, 0.3) is 0 Å². The van der Waals surface area contributed by atoms with Gasteiger partial charge in [-0.3, -0.25) is 14.2 Å². The van der Waals surface area contributed by atoms with Crippen LogP contribution in [0.1, 0.15) is 11.4 Å². The lowest BCUT2D eigenvalue weighted by atomic mass is 10.1. The number of H-pyrrole nitrogens is 1. The van der Waals surface area contributed by atoms with Gasteiger partial charge in [-0.1, -0.05) is 23.9 Å². The molecule has 0 aliphatic heterocycles. The molecule has 25 heavy (non-hydrogen) atoms. The molecule has 2 rings (SSSR count). The third kappa shape index (κ3) is 6.05. The van der Waals surface area contributed by atoms with Gasteiger partial charge in [-0.25, -0.2) is 13.4 Å². The highest BCUT2D eigenvalue weighted by atomic mass is 32.2. The van der Waals surface area contributed by atoms with Gasteiger partial charge in [-0.15, -0.1) is 5.10 Å². The van der Waals surface area contributed by atoms with Crippen LogP contribution in [-0.4, -0.2) is 55.1 Å². The first kappa shape index (κ1) is 19.3. The van der Waals surface area contributed by atoms with E-state index in [1.807, 2.05) is 6.92 Å². The van der Waals surface area contributed by atoms with Crippen molar-refractivity contribution in [3.05, 3.63) is 35.7 Å². The molecule has 0 fully saturated rings. The van der Waals surface area contributed by atoms with E-state index < -0.39 is 10.0 Å². The SMILES string of the molecule is Cc1nc(SCCNC(=O)Cc2ccc(N(C)S(C)(=O)=O)cc2)n[nH]1. The van der Waals surface area contributed by atoms with Gasteiger partial charge < -0.3 is 5.32 Å². The van der Waals surface area contributed by atoms with Crippen molar-refractivity contribution in [2.24, 2.45) is 0 Å². The second-order valence-electron chi connectivity index (χ2n) is 5.48. The number of rotatable bonds is 8. The molecule has 136 valence electrons. The van der Waals surface area contributed by atoms with Crippen LogP contribution in [-0.2, 0) is 21.2 Å². The molecule has 0 unspecified atom stereocenters. The average Bonchev–Trinajstić information content (AvgIpc) is 2.96. The number of hydrogen-bond donors (Lipinski definition) is 2. The lowest BCUT2D eigenvalue weighted by molar-refractivity contribution is -0.120. The first-order valence-electron chi connectivity index (χ1n) is 7.57. The topological polar surface area (TPSA) is 108 Å². The van der Waals surface area contributed by atoms with E-state index in [1.165, 1.54) is 23.1 Å². The highest BCUT2D eigenvalue weighted by molar-refractivity contribution is 7.99. The number of carbonyl (C=O) groups is 1. The van der Waals surface area contributed by atoms with Gasteiger partial charge in [0.05, 0.1) is 18.4 Å². The zero-order valence-corrected chi connectivity index (χ0v) is 15.9. The highest BCUT2D eigenvalue weighted by Crippen LogP contribution is 2.16. The Morgan fingerprint density at radius 2 is 2.00 bits per heavy atom. The van der Waals surface area contributed by atoms with E-state index in [2.05, 4.69) is 20.5 Å². The largest absolute Gasteiger partial charge is 0.355 e. The summed E-state index contributed by atoms with van der Waals surface area (Å²) >= 11 is 1.47. The molecule has 0 saturated carbocycles. The smallest absolute Gasteiger partial charge is 0.231 e. The third-order valence-electron chi connectivity index (χ3n) is 3.39. The first-order valence-corrected chi connectivity index (χ1v) is 10.4. The standard InChI is InChI=1S/C15H21N5O3S2/c1-11-17-15(19-18-11)24-9-8-16-14(21)10-12-4-6-13(7-5-12)20(2)25(3,22)23/h4-7H,8-10H2,1-3H3,(H,16,21)(H,17,18,19). The molecule has 0 bridgehead atoms. The molecule has 2 N–H and O–H groups in total. The highest BCUT2D eigenvalue weighted by Gasteiger charge is 2.12. The number of anilines is 1. The minimum Gasteiger partial charge on any atom is -0.355 e. The van der Waals surface area contributed by atoms with Crippen molar-refractivity contribution < 1.29 is 13.2 Å². The van der Waals surface area contributed by atoms with Gasteiger partial charge in [0.2, 0.25) is 21.1 Å². The van der Waals surface area contributed by atoms with E-state index in [9.17, 15) is 13.2 Å². The normalized spacial score (nSPS) is 11.3. The summed E-state index contributed by atoms with van der Waals surface area (Å²) in [4.78, 5) is 16.1. The number of benzene rings is 1. The number of thioether (sulfide) groups is 1. The van der Waals surface area contributed by atoms with E-state index in [-0.39, 0.29) is 12.3 Å². The molecule has 10 heteroatoms. The number of carbonyl (C=O) groups excluding carboxylic acids is 1. The van der Waals surface area contributed by atoms with Crippen molar-refractivity contribution >= 4 is 33.4 Å². The molecule has 0 spiro atoms. The van der Waals surface area contributed by atoms with Crippen LogP contribution < -0.4 is 9.62 Å². The van der Waals surface area contributed by atoms with Crippen LogP contribution in [0.3, 0.4) is 0 Å². The van der Waals surface area contributed by atoms with Gasteiger partial charge >= 0.3 is 0 Å². The van der Waals surface area contributed by atoms with Crippen molar-refractivity contribution in [3.8, 4) is 0 Å². The van der Waals surface area contributed by atoms with Crippen molar-refractivity contribution in [3.63, 3.8) is 0 Å². The first-order chi connectivity index (χ1) is 11.8. The maximum absolute atomic E-state index is 11.9. The van der Waals surface area contributed by atoms with Crippen LogP contribution in [0.2, 0.25) is 0 Å². The van der Waals surface area contributed by atoms with Crippen LogP contribution in [0.15, 0.2) is 29.4 Å². The Bertz CT molecular complexity index is 818. The molecule has 0 radical (unpaired) electrons. The Balaban J connectivity index is 1.76. The summed E-state index contributed by atoms with van der Waals surface area (Å²) in [5.41, 5.74) is 1.38. The van der Waals surface area contributed by atoms with Crippen molar-refractivity contribution in [1.82, 2.24) is 20.5 Å². The minimum absolute atomic E-state index is 0.0871. The third-order valence-corrected chi connectivity index (χ3v) is 5.45. The van der Waals surface area contributed by atoms with Crippen LogP contribution in [0.4, 0.5) is 5.69 Å². The number of hydrogen-bond acceptors (Lipinski definition) is 6. The summed E-state index contributed by atoms with van der Waals surface area (Å²) in [6.07, 6.45) is 1.39. The number of aryl methyl sites for hydroxylation is 1. The fourth-order valence-corrected chi connectivity index (χ4v) is 3.19.